The molecule has 0 unspecified atom stereocenters. The van der Waals surface area contributed by atoms with Crippen LogP contribution in [0.3, 0.4) is 0 Å². The van der Waals surface area contributed by atoms with E-state index in [1.165, 1.54) is 25.1 Å². The molecule has 2 rings (SSSR count). The van der Waals surface area contributed by atoms with Crippen LogP contribution in [0.4, 0.5) is 4.79 Å². The fourth-order valence-electron chi connectivity index (χ4n) is 1.85. The Morgan fingerprint density at radius 1 is 1.29 bits per heavy atom. The maximum atomic E-state index is 12.0. The molecular weight excluding hydrogens is 319 g/mol. The van der Waals surface area contributed by atoms with Crippen molar-refractivity contribution in [3.8, 4) is 0 Å². The van der Waals surface area contributed by atoms with Crippen LogP contribution in [0.5, 0.6) is 0 Å². The van der Waals surface area contributed by atoms with Gasteiger partial charge in [0.25, 0.3) is 5.91 Å². The van der Waals surface area contributed by atoms with Crippen LogP contribution in [-0.2, 0) is 9.53 Å². The number of ether oxygens (including phenoxy) is 1. The third-order valence-corrected chi connectivity index (χ3v) is 3.29. The number of hydrogen-bond acceptors (Lipinski definition) is 4. The molecule has 1 aromatic rings. The van der Waals surface area contributed by atoms with E-state index in [4.69, 9.17) is 27.9 Å². The van der Waals surface area contributed by atoms with Gasteiger partial charge in [-0.2, -0.15) is 0 Å². The highest BCUT2D eigenvalue weighted by Crippen LogP contribution is 2.20. The first-order valence-electron chi connectivity index (χ1n) is 6.15. The molecule has 0 aromatic heterocycles. The zero-order valence-electron chi connectivity index (χ0n) is 11.1. The molecule has 1 aromatic carbocycles. The molecule has 112 valence electrons. The lowest BCUT2D eigenvalue weighted by Crippen LogP contribution is -2.41. The monoisotopic (exact) mass is 330 g/mol. The van der Waals surface area contributed by atoms with E-state index in [2.05, 4.69) is 5.32 Å². The van der Waals surface area contributed by atoms with Gasteiger partial charge in [-0.1, -0.05) is 23.2 Å². The first kappa shape index (κ1) is 15.6. The molecule has 21 heavy (non-hydrogen) atoms. The summed E-state index contributed by atoms with van der Waals surface area (Å²) in [6.45, 7) is 2.04. The van der Waals surface area contributed by atoms with E-state index < -0.39 is 24.0 Å². The highest BCUT2D eigenvalue weighted by atomic mass is 35.5. The number of benzene rings is 1. The van der Waals surface area contributed by atoms with Crippen LogP contribution in [0.25, 0.3) is 0 Å². The molecule has 0 spiro atoms. The maximum Gasteiger partial charge on any atom is 0.339 e. The highest BCUT2D eigenvalue weighted by Gasteiger charge is 2.31. The SMILES string of the molecule is C[C@H](OC(=O)c1cc(Cl)cc(Cl)c1)C(=O)N1CCNC1=O. The topological polar surface area (TPSA) is 75.7 Å². The second kappa shape index (κ2) is 6.32. The summed E-state index contributed by atoms with van der Waals surface area (Å²) in [6, 6.07) is 3.75. The minimum Gasteiger partial charge on any atom is -0.449 e. The molecule has 1 saturated heterocycles. The third kappa shape index (κ3) is 3.65. The van der Waals surface area contributed by atoms with Gasteiger partial charge in [0.1, 0.15) is 0 Å². The summed E-state index contributed by atoms with van der Waals surface area (Å²) < 4.78 is 5.04. The second-order valence-electron chi connectivity index (χ2n) is 4.43. The standard InChI is InChI=1S/C13H12Cl2N2O4/c1-7(11(18)17-3-2-16-13(17)20)21-12(19)8-4-9(14)6-10(15)5-8/h4-7H,2-3H2,1H3,(H,16,20)/t7-/m0/s1. The number of carbonyl (C=O) groups excluding carboxylic acids is 3. The zero-order valence-corrected chi connectivity index (χ0v) is 12.6. The maximum absolute atomic E-state index is 12.0. The average molecular weight is 331 g/mol. The number of esters is 1. The largest absolute Gasteiger partial charge is 0.449 e. The lowest BCUT2D eigenvalue weighted by atomic mass is 10.2. The molecule has 0 saturated carbocycles. The Morgan fingerprint density at radius 3 is 2.43 bits per heavy atom. The van der Waals surface area contributed by atoms with Crippen molar-refractivity contribution in [3.63, 3.8) is 0 Å². The normalized spacial score (nSPS) is 15.6. The van der Waals surface area contributed by atoms with Gasteiger partial charge in [0, 0.05) is 23.1 Å². The number of nitrogens with one attached hydrogen (secondary N) is 1. The van der Waals surface area contributed by atoms with Crippen LogP contribution in [0.1, 0.15) is 17.3 Å². The molecule has 0 aliphatic carbocycles. The van der Waals surface area contributed by atoms with Gasteiger partial charge < -0.3 is 10.1 Å². The Morgan fingerprint density at radius 2 is 1.90 bits per heavy atom. The van der Waals surface area contributed by atoms with E-state index >= 15 is 0 Å². The van der Waals surface area contributed by atoms with Crippen molar-refractivity contribution >= 4 is 41.1 Å². The molecule has 1 N–H and O–H groups in total. The predicted molar refractivity (Wildman–Crippen MR) is 76.5 cm³/mol. The molecule has 6 nitrogen and oxygen atoms in total. The van der Waals surface area contributed by atoms with E-state index in [0.717, 1.165) is 4.90 Å². The smallest absolute Gasteiger partial charge is 0.339 e. The third-order valence-electron chi connectivity index (χ3n) is 2.85. The molecular formula is C13H12Cl2N2O4. The Balaban J connectivity index is 2.04. The minimum absolute atomic E-state index is 0.137. The fraction of sp³-hybridized carbons (Fsp3) is 0.308. The van der Waals surface area contributed by atoms with Crippen LogP contribution >= 0.6 is 23.2 Å². The number of hydrogen-bond donors (Lipinski definition) is 1. The van der Waals surface area contributed by atoms with Crippen molar-refractivity contribution in [2.75, 3.05) is 13.1 Å². The summed E-state index contributed by atoms with van der Waals surface area (Å²) in [4.78, 5) is 36.3. The summed E-state index contributed by atoms with van der Waals surface area (Å²) in [5.41, 5.74) is 0.137. The van der Waals surface area contributed by atoms with Crippen molar-refractivity contribution in [3.05, 3.63) is 33.8 Å². The van der Waals surface area contributed by atoms with E-state index in [9.17, 15) is 14.4 Å². The molecule has 1 aliphatic rings. The summed E-state index contributed by atoms with van der Waals surface area (Å²) in [5, 5.41) is 3.07. The number of amides is 3. The number of urea groups is 1. The molecule has 1 aliphatic heterocycles. The number of imide groups is 1. The lowest BCUT2D eigenvalue weighted by molar-refractivity contribution is -0.136. The molecule has 8 heteroatoms. The van der Waals surface area contributed by atoms with Gasteiger partial charge in [-0.05, 0) is 25.1 Å². The van der Waals surface area contributed by atoms with Crippen molar-refractivity contribution < 1.29 is 19.1 Å². The van der Waals surface area contributed by atoms with Crippen LogP contribution in [0, 0.1) is 0 Å². The van der Waals surface area contributed by atoms with Gasteiger partial charge in [-0.15, -0.1) is 0 Å². The Bertz CT molecular complexity index is 586. The number of rotatable bonds is 3. The first-order valence-corrected chi connectivity index (χ1v) is 6.90. The van der Waals surface area contributed by atoms with Crippen LogP contribution in [-0.4, -0.2) is 42.0 Å². The van der Waals surface area contributed by atoms with Crippen LogP contribution in [0.2, 0.25) is 10.0 Å². The molecule has 1 heterocycles. The quantitative estimate of drug-likeness (QED) is 0.861. The predicted octanol–water partition coefficient (Wildman–Crippen LogP) is 2.09. The molecule has 1 atom stereocenters. The minimum atomic E-state index is -1.08. The van der Waals surface area contributed by atoms with E-state index in [1.54, 1.807) is 0 Å². The van der Waals surface area contributed by atoms with Crippen molar-refractivity contribution in [1.29, 1.82) is 0 Å². The number of carbonyl (C=O) groups is 3. The first-order chi connectivity index (χ1) is 9.88. The van der Waals surface area contributed by atoms with Crippen LogP contribution < -0.4 is 5.32 Å². The van der Waals surface area contributed by atoms with Gasteiger partial charge in [-0.25, -0.2) is 9.59 Å². The van der Waals surface area contributed by atoms with Crippen molar-refractivity contribution in [2.24, 2.45) is 0 Å². The van der Waals surface area contributed by atoms with E-state index in [-0.39, 0.29) is 22.2 Å². The van der Waals surface area contributed by atoms with Gasteiger partial charge in [-0.3, -0.25) is 9.69 Å². The van der Waals surface area contributed by atoms with Gasteiger partial charge in [0.2, 0.25) is 0 Å². The van der Waals surface area contributed by atoms with Gasteiger partial charge in [0.15, 0.2) is 6.10 Å². The summed E-state index contributed by atoms with van der Waals surface area (Å²) in [6.07, 6.45) is -1.08. The van der Waals surface area contributed by atoms with Crippen molar-refractivity contribution in [1.82, 2.24) is 10.2 Å². The van der Waals surface area contributed by atoms with Crippen LogP contribution in [0.15, 0.2) is 18.2 Å². The summed E-state index contributed by atoms with van der Waals surface area (Å²) in [5.74, 6) is -1.31. The van der Waals surface area contributed by atoms with E-state index in [1.807, 2.05) is 0 Å². The molecule has 3 amide bonds. The van der Waals surface area contributed by atoms with Gasteiger partial charge >= 0.3 is 12.0 Å². The lowest BCUT2D eigenvalue weighted by Gasteiger charge is -2.18. The molecule has 0 bridgehead atoms. The Kier molecular flexibility index (Phi) is 4.69. The molecule has 1 fully saturated rings. The summed E-state index contributed by atoms with van der Waals surface area (Å²) >= 11 is 11.6. The van der Waals surface area contributed by atoms with Crippen molar-refractivity contribution in [2.45, 2.75) is 13.0 Å². The van der Waals surface area contributed by atoms with Gasteiger partial charge in [0.05, 0.1) is 5.56 Å². The molecule has 0 radical (unpaired) electrons. The average Bonchev–Trinajstić information content (AvgIpc) is 2.82. The fourth-order valence-corrected chi connectivity index (χ4v) is 2.38. The number of nitrogens with zero attached hydrogens (tertiary/aromatic N) is 1. The summed E-state index contributed by atoms with van der Waals surface area (Å²) in [7, 11) is 0. The van der Waals surface area contributed by atoms with E-state index in [0.29, 0.717) is 6.54 Å². The Hall–Kier alpha value is -1.79. The number of halogens is 2. The Labute approximate surface area is 130 Å². The second-order valence-corrected chi connectivity index (χ2v) is 5.30. The zero-order chi connectivity index (χ0) is 15.6. The highest BCUT2D eigenvalue weighted by molar-refractivity contribution is 6.35.